The van der Waals surface area contributed by atoms with Crippen molar-refractivity contribution in [3.8, 4) is 5.69 Å². The van der Waals surface area contributed by atoms with E-state index in [4.69, 9.17) is 23.8 Å². The molecule has 0 spiro atoms. The fraction of sp³-hybridized carbons (Fsp3) is 0.0870. The lowest BCUT2D eigenvalue weighted by atomic mass is 10.1. The minimum atomic E-state index is -0.521. The molecular weight excluding hydrogens is 545 g/mol. The lowest BCUT2D eigenvalue weighted by Gasteiger charge is -2.29. The van der Waals surface area contributed by atoms with Crippen LogP contribution in [0.3, 0.4) is 0 Å². The Morgan fingerprint density at radius 3 is 2.42 bits per heavy atom. The average Bonchev–Trinajstić information content (AvgIpc) is 2.99. The molecule has 0 saturated carbocycles. The Labute approximate surface area is 203 Å². The van der Waals surface area contributed by atoms with Gasteiger partial charge in [-0.15, -0.1) is 0 Å². The molecule has 0 aliphatic carbocycles. The van der Waals surface area contributed by atoms with Crippen LogP contribution in [0.2, 0.25) is 5.02 Å². The molecule has 1 saturated heterocycles. The molecule has 8 heteroatoms. The van der Waals surface area contributed by atoms with Gasteiger partial charge in [-0.3, -0.25) is 19.8 Å². The lowest BCUT2D eigenvalue weighted by molar-refractivity contribution is -0.122. The molecule has 0 radical (unpaired) electrons. The van der Waals surface area contributed by atoms with E-state index < -0.39 is 11.8 Å². The third-order valence-corrected chi connectivity index (χ3v) is 6.26. The fourth-order valence-corrected chi connectivity index (χ4v) is 4.41. The molecule has 1 N–H and O–H groups in total. The van der Waals surface area contributed by atoms with E-state index >= 15 is 0 Å². The highest BCUT2D eigenvalue weighted by atomic mass is 127. The molecule has 31 heavy (non-hydrogen) atoms. The first-order valence-corrected chi connectivity index (χ1v) is 11.2. The van der Waals surface area contributed by atoms with Gasteiger partial charge in [0.05, 0.1) is 5.69 Å². The number of anilines is 1. The molecular formula is C23H17ClIN3O2S. The highest BCUT2D eigenvalue weighted by molar-refractivity contribution is 14.1. The summed E-state index contributed by atoms with van der Waals surface area (Å²) >= 11 is 13.6. The third-order valence-electron chi connectivity index (χ3n) is 5.02. The number of aromatic nitrogens is 1. The molecule has 0 unspecified atom stereocenters. The number of amides is 2. The smallest absolute Gasteiger partial charge is 0.270 e. The van der Waals surface area contributed by atoms with Crippen molar-refractivity contribution in [2.45, 2.75) is 13.8 Å². The molecule has 1 aromatic heterocycles. The van der Waals surface area contributed by atoms with Crippen LogP contribution in [0.25, 0.3) is 11.8 Å². The largest absolute Gasteiger partial charge is 0.318 e. The van der Waals surface area contributed by atoms with E-state index in [1.807, 2.05) is 44.2 Å². The van der Waals surface area contributed by atoms with E-state index in [0.717, 1.165) is 26.2 Å². The summed E-state index contributed by atoms with van der Waals surface area (Å²) in [4.78, 5) is 27.1. The number of benzene rings is 2. The Morgan fingerprint density at radius 2 is 1.74 bits per heavy atom. The quantitative estimate of drug-likeness (QED) is 0.207. The Morgan fingerprint density at radius 1 is 1.03 bits per heavy atom. The maximum atomic E-state index is 13.2. The lowest BCUT2D eigenvalue weighted by Crippen LogP contribution is -2.54. The summed E-state index contributed by atoms with van der Waals surface area (Å²) in [6.45, 7) is 3.95. The first-order chi connectivity index (χ1) is 14.8. The summed E-state index contributed by atoms with van der Waals surface area (Å²) in [6.07, 6.45) is 1.61. The number of nitrogens with zero attached hydrogens (tertiary/aromatic N) is 2. The predicted molar refractivity (Wildman–Crippen MR) is 136 cm³/mol. The molecule has 156 valence electrons. The van der Waals surface area contributed by atoms with Crippen LogP contribution in [-0.4, -0.2) is 21.5 Å². The van der Waals surface area contributed by atoms with Crippen LogP contribution in [0.15, 0.2) is 60.2 Å². The number of carbonyl (C=O) groups is 2. The van der Waals surface area contributed by atoms with E-state index in [1.54, 1.807) is 30.3 Å². The van der Waals surface area contributed by atoms with Crippen molar-refractivity contribution >= 4 is 75.1 Å². The van der Waals surface area contributed by atoms with Crippen LogP contribution in [0.5, 0.6) is 0 Å². The second-order valence-electron chi connectivity index (χ2n) is 7.08. The topological polar surface area (TPSA) is 54.3 Å². The standard InChI is InChI=1S/C23H17ClIN3O2S/c1-13-10-15(14(2)27(13)18-8-6-17(25)7-9-18)11-20-21(29)26-23(31)28(22(20)30)19-5-3-4-16(24)12-19/h3-12H,1-2H3,(H,26,29,31). The van der Waals surface area contributed by atoms with Crippen LogP contribution in [0.4, 0.5) is 5.69 Å². The zero-order valence-electron chi connectivity index (χ0n) is 16.6. The van der Waals surface area contributed by atoms with E-state index in [2.05, 4.69) is 32.5 Å². The molecule has 3 aromatic rings. The molecule has 2 amide bonds. The second kappa shape index (κ2) is 8.57. The third kappa shape index (κ3) is 4.17. The Bertz CT molecular complexity index is 1260. The predicted octanol–water partition coefficient (Wildman–Crippen LogP) is 5.18. The van der Waals surface area contributed by atoms with Gasteiger partial charge in [0.25, 0.3) is 11.8 Å². The van der Waals surface area contributed by atoms with Crippen molar-refractivity contribution in [3.63, 3.8) is 0 Å². The highest BCUT2D eigenvalue weighted by Crippen LogP contribution is 2.27. The van der Waals surface area contributed by atoms with Crippen LogP contribution >= 0.6 is 46.4 Å². The zero-order chi connectivity index (χ0) is 22.3. The number of hydrogen-bond acceptors (Lipinski definition) is 3. The van der Waals surface area contributed by atoms with Gasteiger partial charge >= 0.3 is 0 Å². The van der Waals surface area contributed by atoms with Gasteiger partial charge in [0.15, 0.2) is 5.11 Å². The number of halogens is 2. The van der Waals surface area contributed by atoms with Gasteiger partial charge in [-0.25, -0.2) is 0 Å². The summed E-state index contributed by atoms with van der Waals surface area (Å²) in [5, 5.41) is 3.10. The van der Waals surface area contributed by atoms with Crippen molar-refractivity contribution < 1.29 is 9.59 Å². The van der Waals surface area contributed by atoms with Crippen LogP contribution in [0, 0.1) is 17.4 Å². The number of rotatable bonds is 3. The second-order valence-corrected chi connectivity index (χ2v) is 9.14. The van der Waals surface area contributed by atoms with Gasteiger partial charge in [0, 0.05) is 25.7 Å². The summed E-state index contributed by atoms with van der Waals surface area (Å²) in [5.74, 6) is -1.01. The zero-order valence-corrected chi connectivity index (χ0v) is 20.4. The minimum absolute atomic E-state index is 0.0106. The molecule has 1 aliphatic rings. The van der Waals surface area contributed by atoms with E-state index in [-0.39, 0.29) is 10.7 Å². The van der Waals surface area contributed by atoms with E-state index in [0.29, 0.717) is 10.7 Å². The minimum Gasteiger partial charge on any atom is -0.318 e. The summed E-state index contributed by atoms with van der Waals surface area (Å²) < 4.78 is 3.24. The molecule has 2 heterocycles. The maximum Gasteiger partial charge on any atom is 0.270 e. The first-order valence-electron chi connectivity index (χ1n) is 9.38. The van der Waals surface area contributed by atoms with Gasteiger partial charge in [-0.05, 0) is 109 Å². The van der Waals surface area contributed by atoms with Gasteiger partial charge in [0.1, 0.15) is 5.57 Å². The average molecular weight is 562 g/mol. The first kappa shape index (κ1) is 21.7. The van der Waals surface area contributed by atoms with Crippen molar-refractivity contribution in [3.05, 3.63) is 85.7 Å². The molecule has 4 rings (SSSR count). The fourth-order valence-electron chi connectivity index (χ4n) is 3.58. The van der Waals surface area contributed by atoms with Crippen LogP contribution in [0.1, 0.15) is 17.0 Å². The van der Waals surface area contributed by atoms with Gasteiger partial charge in [-0.2, -0.15) is 0 Å². The monoisotopic (exact) mass is 561 g/mol. The summed E-state index contributed by atoms with van der Waals surface area (Å²) in [6, 6.07) is 16.9. The summed E-state index contributed by atoms with van der Waals surface area (Å²) in [7, 11) is 0. The number of hydrogen-bond donors (Lipinski definition) is 1. The van der Waals surface area contributed by atoms with Gasteiger partial charge in [-0.1, -0.05) is 17.7 Å². The molecule has 5 nitrogen and oxygen atoms in total. The molecule has 1 aliphatic heterocycles. The maximum absolute atomic E-state index is 13.2. The van der Waals surface area contributed by atoms with Gasteiger partial charge in [0.2, 0.25) is 0 Å². The molecule has 2 aromatic carbocycles. The SMILES string of the molecule is Cc1cc(C=C2C(=O)NC(=S)N(c3cccc(Cl)c3)C2=O)c(C)n1-c1ccc(I)cc1. The normalized spacial score (nSPS) is 15.5. The van der Waals surface area contributed by atoms with E-state index in [1.165, 1.54) is 4.90 Å². The van der Waals surface area contributed by atoms with Gasteiger partial charge < -0.3 is 4.57 Å². The van der Waals surface area contributed by atoms with Crippen molar-refractivity contribution in [1.82, 2.24) is 9.88 Å². The number of aryl methyl sites for hydroxylation is 1. The van der Waals surface area contributed by atoms with Crippen molar-refractivity contribution in [2.24, 2.45) is 0 Å². The highest BCUT2D eigenvalue weighted by Gasteiger charge is 2.34. The Balaban J connectivity index is 1.76. The molecule has 0 atom stereocenters. The number of carbonyl (C=O) groups excluding carboxylic acids is 2. The molecule has 1 fully saturated rings. The Kier molecular flexibility index (Phi) is 6.00. The Hall–Kier alpha value is -2.49. The van der Waals surface area contributed by atoms with E-state index in [9.17, 15) is 9.59 Å². The van der Waals surface area contributed by atoms with Crippen molar-refractivity contribution in [2.75, 3.05) is 4.90 Å². The number of thiocarbonyl (C=S) groups is 1. The van der Waals surface area contributed by atoms with Crippen molar-refractivity contribution in [1.29, 1.82) is 0 Å². The number of nitrogens with one attached hydrogen (secondary N) is 1. The van der Waals surface area contributed by atoms with Crippen LogP contribution in [-0.2, 0) is 9.59 Å². The summed E-state index contributed by atoms with van der Waals surface area (Å²) in [5.41, 5.74) is 4.23. The molecule has 0 bridgehead atoms. The van der Waals surface area contributed by atoms with Crippen LogP contribution < -0.4 is 10.2 Å².